The minimum atomic E-state index is -0.486. The molecule has 0 bridgehead atoms. The molecule has 3 heterocycles. The molecule has 3 rings (SSSR count). The first-order valence-electron chi connectivity index (χ1n) is 9.24. The number of nitrogens with zero attached hydrogens (tertiary/aromatic N) is 4. The monoisotopic (exact) mass is 430 g/mol. The molecule has 0 saturated carbocycles. The second-order valence-corrected chi connectivity index (χ2v) is 8.09. The fraction of sp³-hybridized carbons (Fsp3) is 0.316. The maximum Gasteiger partial charge on any atom is 0.321 e. The van der Waals surface area contributed by atoms with Crippen LogP contribution in [0.2, 0.25) is 0 Å². The highest BCUT2D eigenvalue weighted by Gasteiger charge is 2.16. The quantitative estimate of drug-likeness (QED) is 0.506. The summed E-state index contributed by atoms with van der Waals surface area (Å²) in [5.74, 6) is 0.444. The van der Waals surface area contributed by atoms with E-state index in [1.807, 2.05) is 34.2 Å². The van der Waals surface area contributed by atoms with Crippen LogP contribution in [0, 0.1) is 0 Å². The zero-order valence-electron chi connectivity index (χ0n) is 16.0. The van der Waals surface area contributed by atoms with Crippen LogP contribution in [0.15, 0.2) is 47.2 Å². The van der Waals surface area contributed by atoms with Crippen molar-refractivity contribution in [2.75, 3.05) is 12.3 Å². The Balaban J connectivity index is 1.50. The lowest BCUT2D eigenvalue weighted by Crippen LogP contribution is -2.41. The number of pyridine rings is 1. The van der Waals surface area contributed by atoms with Gasteiger partial charge in [0, 0.05) is 35.9 Å². The van der Waals surface area contributed by atoms with Gasteiger partial charge in [-0.15, -0.1) is 21.5 Å². The van der Waals surface area contributed by atoms with E-state index in [2.05, 4.69) is 32.7 Å². The van der Waals surface area contributed by atoms with Crippen LogP contribution in [-0.2, 0) is 17.8 Å². The lowest BCUT2D eigenvalue weighted by molar-refractivity contribution is -0.117. The van der Waals surface area contributed by atoms with Crippen molar-refractivity contribution in [3.8, 4) is 11.4 Å². The van der Waals surface area contributed by atoms with Gasteiger partial charge in [0.2, 0.25) is 5.91 Å². The Hall–Kier alpha value is -2.72. The van der Waals surface area contributed by atoms with E-state index in [0.717, 1.165) is 30.8 Å². The third-order valence-corrected chi connectivity index (χ3v) is 5.83. The number of thiophene rings is 1. The van der Waals surface area contributed by atoms with Crippen molar-refractivity contribution in [1.82, 2.24) is 30.4 Å². The maximum absolute atomic E-state index is 12.1. The van der Waals surface area contributed by atoms with Crippen LogP contribution in [0.1, 0.15) is 18.2 Å². The van der Waals surface area contributed by atoms with Crippen molar-refractivity contribution in [1.29, 1.82) is 0 Å². The van der Waals surface area contributed by atoms with E-state index in [1.54, 1.807) is 23.7 Å². The highest BCUT2D eigenvalue weighted by atomic mass is 32.2. The number of rotatable bonds is 9. The van der Waals surface area contributed by atoms with E-state index in [0.29, 0.717) is 11.7 Å². The van der Waals surface area contributed by atoms with Gasteiger partial charge in [-0.05, 0) is 36.4 Å². The van der Waals surface area contributed by atoms with Crippen LogP contribution in [0.5, 0.6) is 0 Å². The van der Waals surface area contributed by atoms with E-state index in [-0.39, 0.29) is 11.7 Å². The molecule has 3 aromatic rings. The van der Waals surface area contributed by atoms with Gasteiger partial charge in [0.05, 0.1) is 5.75 Å². The first kappa shape index (κ1) is 21.0. The van der Waals surface area contributed by atoms with E-state index in [9.17, 15) is 9.59 Å². The molecule has 29 heavy (non-hydrogen) atoms. The third kappa shape index (κ3) is 6.13. The van der Waals surface area contributed by atoms with Crippen molar-refractivity contribution >= 4 is 35.0 Å². The Morgan fingerprint density at radius 3 is 2.76 bits per heavy atom. The van der Waals surface area contributed by atoms with E-state index in [1.165, 1.54) is 16.6 Å². The molecule has 0 unspecified atom stereocenters. The van der Waals surface area contributed by atoms with Crippen molar-refractivity contribution < 1.29 is 9.59 Å². The van der Waals surface area contributed by atoms with Gasteiger partial charge in [0.15, 0.2) is 11.0 Å². The number of carbonyl (C=O) groups excluding carboxylic acids is 2. The number of carbonyl (C=O) groups is 2. The number of amides is 3. The maximum atomic E-state index is 12.1. The van der Waals surface area contributed by atoms with E-state index >= 15 is 0 Å². The van der Waals surface area contributed by atoms with Crippen LogP contribution in [-0.4, -0.2) is 44.0 Å². The zero-order chi connectivity index (χ0) is 20.5. The summed E-state index contributed by atoms with van der Waals surface area (Å²) in [6, 6.07) is 7.24. The minimum absolute atomic E-state index is 0.0799. The number of imide groups is 1. The molecule has 0 atom stereocenters. The molecule has 0 aromatic carbocycles. The summed E-state index contributed by atoms with van der Waals surface area (Å²) in [7, 11) is 0. The van der Waals surface area contributed by atoms with Gasteiger partial charge in [0.25, 0.3) is 0 Å². The number of aromatic nitrogens is 4. The van der Waals surface area contributed by atoms with Gasteiger partial charge in [-0.1, -0.05) is 24.8 Å². The molecular formula is C19H22N6O2S2. The van der Waals surface area contributed by atoms with Gasteiger partial charge in [-0.3, -0.25) is 15.1 Å². The Morgan fingerprint density at radius 2 is 2.03 bits per heavy atom. The van der Waals surface area contributed by atoms with E-state index in [4.69, 9.17) is 0 Å². The number of thioether (sulfide) groups is 1. The van der Waals surface area contributed by atoms with Crippen LogP contribution < -0.4 is 10.6 Å². The fourth-order valence-electron chi connectivity index (χ4n) is 2.63. The normalized spacial score (nSPS) is 10.7. The molecular weight excluding hydrogens is 408 g/mol. The summed E-state index contributed by atoms with van der Waals surface area (Å²) in [5.41, 5.74) is 0.919. The molecule has 3 aromatic heterocycles. The predicted octanol–water partition coefficient (Wildman–Crippen LogP) is 2.97. The SMILES string of the molecule is CCCn1c(SCC(=O)NC(=O)NCCc2cccs2)nnc1-c1ccncc1. The molecule has 8 nitrogen and oxygen atoms in total. The summed E-state index contributed by atoms with van der Waals surface area (Å²) in [5, 5.41) is 16.2. The average molecular weight is 431 g/mol. The van der Waals surface area contributed by atoms with Crippen molar-refractivity contribution in [3.63, 3.8) is 0 Å². The predicted molar refractivity (Wildman–Crippen MR) is 114 cm³/mol. The fourth-order valence-corrected chi connectivity index (χ4v) is 4.10. The van der Waals surface area contributed by atoms with Crippen LogP contribution in [0.4, 0.5) is 4.79 Å². The van der Waals surface area contributed by atoms with Gasteiger partial charge in [-0.25, -0.2) is 4.79 Å². The van der Waals surface area contributed by atoms with Gasteiger partial charge >= 0.3 is 6.03 Å². The molecule has 0 spiro atoms. The van der Waals surface area contributed by atoms with Gasteiger partial charge < -0.3 is 9.88 Å². The summed E-state index contributed by atoms with van der Waals surface area (Å²) in [6.45, 7) is 3.28. The number of urea groups is 1. The van der Waals surface area contributed by atoms with Crippen molar-refractivity contribution in [3.05, 3.63) is 46.9 Å². The van der Waals surface area contributed by atoms with Crippen LogP contribution in [0.3, 0.4) is 0 Å². The zero-order valence-corrected chi connectivity index (χ0v) is 17.6. The number of nitrogens with one attached hydrogen (secondary N) is 2. The Bertz CT molecular complexity index is 928. The average Bonchev–Trinajstić information content (AvgIpc) is 3.37. The molecule has 152 valence electrons. The second-order valence-electron chi connectivity index (χ2n) is 6.12. The number of hydrogen-bond donors (Lipinski definition) is 2. The second kappa shape index (κ2) is 10.7. The Labute approximate surface area is 177 Å². The molecule has 0 saturated heterocycles. The summed E-state index contributed by atoms with van der Waals surface area (Å²) in [6.07, 6.45) is 5.06. The largest absolute Gasteiger partial charge is 0.337 e. The van der Waals surface area contributed by atoms with Crippen LogP contribution >= 0.6 is 23.1 Å². The topological polar surface area (TPSA) is 102 Å². The standard InChI is InChI=1S/C19H22N6O2S2/c1-2-11-25-17(14-5-8-20-9-6-14)23-24-19(25)29-13-16(26)22-18(27)21-10-7-15-4-3-12-28-15/h3-6,8-9,12H,2,7,10-11,13H2,1H3,(H2,21,22,26,27). The Morgan fingerprint density at radius 1 is 1.21 bits per heavy atom. The molecule has 0 aliphatic heterocycles. The molecule has 0 aliphatic carbocycles. The molecule has 0 fully saturated rings. The summed E-state index contributed by atoms with van der Waals surface area (Å²) >= 11 is 2.90. The lowest BCUT2D eigenvalue weighted by Gasteiger charge is -2.09. The van der Waals surface area contributed by atoms with Gasteiger partial charge in [0.1, 0.15) is 0 Å². The van der Waals surface area contributed by atoms with Crippen molar-refractivity contribution in [2.24, 2.45) is 0 Å². The first-order valence-corrected chi connectivity index (χ1v) is 11.1. The molecule has 2 N–H and O–H groups in total. The highest BCUT2D eigenvalue weighted by molar-refractivity contribution is 7.99. The smallest absolute Gasteiger partial charge is 0.321 e. The molecule has 0 radical (unpaired) electrons. The minimum Gasteiger partial charge on any atom is -0.337 e. The summed E-state index contributed by atoms with van der Waals surface area (Å²) in [4.78, 5) is 29.2. The molecule has 3 amide bonds. The summed E-state index contributed by atoms with van der Waals surface area (Å²) < 4.78 is 1.98. The first-order chi connectivity index (χ1) is 14.2. The van der Waals surface area contributed by atoms with Crippen molar-refractivity contribution in [2.45, 2.75) is 31.5 Å². The van der Waals surface area contributed by atoms with Crippen LogP contribution in [0.25, 0.3) is 11.4 Å². The molecule has 10 heteroatoms. The lowest BCUT2D eigenvalue weighted by atomic mass is 10.2. The Kier molecular flexibility index (Phi) is 7.77. The third-order valence-electron chi connectivity index (χ3n) is 3.92. The number of hydrogen-bond acceptors (Lipinski definition) is 7. The van der Waals surface area contributed by atoms with Gasteiger partial charge in [-0.2, -0.15) is 0 Å². The highest BCUT2D eigenvalue weighted by Crippen LogP contribution is 2.23. The molecule has 0 aliphatic rings. The van der Waals surface area contributed by atoms with E-state index < -0.39 is 6.03 Å².